The summed E-state index contributed by atoms with van der Waals surface area (Å²) in [5.41, 5.74) is 0.733. The second kappa shape index (κ2) is 6.38. The average molecular weight is 320 g/mol. The lowest BCUT2D eigenvalue weighted by Crippen LogP contribution is -2.38. The van der Waals surface area contributed by atoms with Crippen LogP contribution >= 0.6 is 28.3 Å². The summed E-state index contributed by atoms with van der Waals surface area (Å²) in [6.07, 6.45) is 1.03. The molecule has 3 nitrogen and oxygen atoms in total. The molecule has 0 bridgehead atoms. The van der Waals surface area contributed by atoms with Crippen LogP contribution in [-0.2, 0) is 0 Å². The van der Waals surface area contributed by atoms with Crippen molar-refractivity contribution in [3.8, 4) is 0 Å². The van der Waals surface area contributed by atoms with Gasteiger partial charge in [0.15, 0.2) is 0 Å². The molecule has 1 aromatic carbocycles. The van der Waals surface area contributed by atoms with Gasteiger partial charge in [0, 0.05) is 24.1 Å². The topological polar surface area (TPSA) is 32.3 Å². The van der Waals surface area contributed by atoms with Crippen molar-refractivity contribution in [1.29, 1.82) is 0 Å². The number of hydrogen-bond donors (Lipinski definition) is 1. The average Bonchev–Trinajstić information content (AvgIpc) is 2.81. The molecule has 94 valence electrons. The summed E-state index contributed by atoms with van der Waals surface area (Å²) in [6, 6.07) is 7.87. The van der Waals surface area contributed by atoms with Gasteiger partial charge in [-0.2, -0.15) is 0 Å². The van der Waals surface area contributed by atoms with Crippen LogP contribution in [0.1, 0.15) is 16.8 Å². The predicted molar refractivity (Wildman–Crippen MR) is 74.8 cm³/mol. The second-order valence-electron chi connectivity index (χ2n) is 4.04. The summed E-state index contributed by atoms with van der Waals surface area (Å²) >= 11 is 3.41. The quantitative estimate of drug-likeness (QED) is 0.907. The maximum atomic E-state index is 12.2. The summed E-state index contributed by atoms with van der Waals surface area (Å²) < 4.78 is 0.859. The van der Waals surface area contributed by atoms with E-state index in [1.165, 1.54) is 0 Å². The number of nitrogens with zero attached hydrogens (tertiary/aromatic N) is 1. The van der Waals surface area contributed by atoms with E-state index in [0.29, 0.717) is 6.04 Å². The van der Waals surface area contributed by atoms with E-state index in [1.807, 2.05) is 36.2 Å². The molecular formula is C12H16BrClN2O. The Balaban J connectivity index is 0.00000144. The molecule has 5 heteroatoms. The molecule has 1 heterocycles. The van der Waals surface area contributed by atoms with Crippen molar-refractivity contribution in [1.82, 2.24) is 10.2 Å². The second-order valence-corrected chi connectivity index (χ2v) is 4.90. The van der Waals surface area contributed by atoms with E-state index in [4.69, 9.17) is 0 Å². The third kappa shape index (κ3) is 3.21. The van der Waals surface area contributed by atoms with E-state index in [-0.39, 0.29) is 18.3 Å². The van der Waals surface area contributed by atoms with Crippen LogP contribution in [0.25, 0.3) is 0 Å². The van der Waals surface area contributed by atoms with Gasteiger partial charge in [0.2, 0.25) is 0 Å². The molecule has 1 aliphatic heterocycles. The van der Waals surface area contributed by atoms with Crippen LogP contribution in [0, 0.1) is 0 Å². The highest BCUT2D eigenvalue weighted by molar-refractivity contribution is 9.10. The molecule has 0 saturated carbocycles. The highest BCUT2D eigenvalue weighted by atomic mass is 79.9. The van der Waals surface area contributed by atoms with Gasteiger partial charge in [-0.05, 0) is 41.0 Å². The molecule has 1 atom stereocenters. The highest BCUT2D eigenvalue weighted by Crippen LogP contribution is 2.19. The molecule has 0 unspecified atom stereocenters. The normalized spacial score (nSPS) is 18.6. The standard InChI is InChI=1S/C12H15BrN2O.ClH/c1-15(9-6-7-14-8-9)12(16)10-4-2-3-5-11(10)13;/h2-5,9,14H,6-8H2,1H3;1H/t9-;/m0./s1. The van der Waals surface area contributed by atoms with E-state index < -0.39 is 0 Å². The number of rotatable bonds is 2. The van der Waals surface area contributed by atoms with Crippen molar-refractivity contribution < 1.29 is 4.79 Å². The van der Waals surface area contributed by atoms with Gasteiger partial charge in [-0.15, -0.1) is 12.4 Å². The molecule has 0 aliphatic carbocycles. The fourth-order valence-electron chi connectivity index (χ4n) is 1.96. The number of nitrogens with one attached hydrogen (secondary N) is 1. The first kappa shape index (κ1) is 14.5. The van der Waals surface area contributed by atoms with Gasteiger partial charge in [-0.3, -0.25) is 4.79 Å². The van der Waals surface area contributed by atoms with E-state index in [1.54, 1.807) is 0 Å². The summed E-state index contributed by atoms with van der Waals surface area (Å²) in [4.78, 5) is 14.1. The van der Waals surface area contributed by atoms with Crippen LogP contribution in [0.4, 0.5) is 0 Å². The lowest BCUT2D eigenvalue weighted by molar-refractivity contribution is 0.0743. The van der Waals surface area contributed by atoms with Crippen LogP contribution in [0.3, 0.4) is 0 Å². The molecule has 17 heavy (non-hydrogen) atoms. The number of carbonyl (C=O) groups excluding carboxylic acids is 1. The Morgan fingerprint density at radius 2 is 2.18 bits per heavy atom. The molecule has 2 rings (SSSR count). The van der Waals surface area contributed by atoms with E-state index >= 15 is 0 Å². The monoisotopic (exact) mass is 318 g/mol. The Hall–Kier alpha value is -0.580. The van der Waals surface area contributed by atoms with E-state index in [0.717, 1.165) is 29.5 Å². The molecular weight excluding hydrogens is 304 g/mol. The van der Waals surface area contributed by atoms with Crippen molar-refractivity contribution >= 4 is 34.2 Å². The predicted octanol–water partition coefficient (Wildman–Crippen LogP) is 2.30. The summed E-state index contributed by atoms with van der Waals surface area (Å²) in [5, 5.41) is 3.27. The van der Waals surface area contributed by atoms with Gasteiger partial charge in [-0.1, -0.05) is 12.1 Å². The molecule has 0 radical (unpaired) electrons. The van der Waals surface area contributed by atoms with E-state index in [9.17, 15) is 4.79 Å². The van der Waals surface area contributed by atoms with Crippen LogP contribution in [-0.4, -0.2) is 37.0 Å². The Morgan fingerprint density at radius 1 is 1.47 bits per heavy atom. The minimum Gasteiger partial charge on any atom is -0.337 e. The van der Waals surface area contributed by atoms with Crippen molar-refractivity contribution in [3.63, 3.8) is 0 Å². The molecule has 0 spiro atoms. The smallest absolute Gasteiger partial charge is 0.255 e. The largest absolute Gasteiger partial charge is 0.337 e. The van der Waals surface area contributed by atoms with Gasteiger partial charge < -0.3 is 10.2 Å². The Kier molecular flexibility index (Phi) is 5.43. The lowest BCUT2D eigenvalue weighted by Gasteiger charge is -2.24. The number of likely N-dealkylation sites (N-methyl/N-ethyl adjacent to an activating group) is 1. The number of amides is 1. The zero-order valence-corrected chi connectivity index (χ0v) is 12.1. The van der Waals surface area contributed by atoms with Gasteiger partial charge in [0.25, 0.3) is 5.91 Å². The van der Waals surface area contributed by atoms with Gasteiger partial charge in [-0.25, -0.2) is 0 Å². The van der Waals surface area contributed by atoms with Crippen LogP contribution in [0.15, 0.2) is 28.7 Å². The highest BCUT2D eigenvalue weighted by Gasteiger charge is 2.24. The fourth-order valence-corrected chi connectivity index (χ4v) is 2.41. The van der Waals surface area contributed by atoms with Crippen molar-refractivity contribution in [2.24, 2.45) is 0 Å². The third-order valence-electron chi connectivity index (χ3n) is 3.01. The van der Waals surface area contributed by atoms with Crippen molar-refractivity contribution in [2.75, 3.05) is 20.1 Å². The summed E-state index contributed by atoms with van der Waals surface area (Å²) in [5.74, 6) is 0.0844. The molecule has 0 aromatic heterocycles. The molecule has 1 aliphatic rings. The molecule has 1 saturated heterocycles. The maximum absolute atomic E-state index is 12.2. The van der Waals surface area contributed by atoms with Crippen molar-refractivity contribution in [2.45, 2.75) is 12.5 Å². The van der Waals surface area contributed by atoms with Crippen LogP contribution in [0.2, 0.25) is 0 Å². The van der Waals surface area contributed by atoms with Gasteiger partial charge in [0.1, 0.15) is 0 Å². The molecule has 1 N–H and O–H groups in total. The first-order chi connectivity index (χ1) is 7.70. The van der Waals surface area contributed by atoms with Crippen LogP contribution < -0.4 is 5.32 Å². The SMILES string of the molecule is CN(C(=O)c1ccccc1Br)[C@H]1CCNC1.Cl. The number of benzene rings is 1. The zero-order valence-electron chi connectivity index (χ0n) is 9.65. The Labute approximate surface area is 116 Å². The first-order valence-electron chi connectivity index (χ1n) is 5.42. The number of hydrogen-bond acceptors (Lipinski definition) is 2. The number of halogens is 2. The minimum absolute atomic E-state index is 0. The Bertz CT molecular complexity index is 394. The zero-order chi connectivity index (χ0) is 11.5. The third-order valence-corrected chi connectivity index (χ3v) is 3.70. The van der Waals surface area contributed by atoms with E-state index in [2.05, 4.69) is 21.2 Å². The van der Waals surface area contributed by atoms with Crippen LogP contribution in [0.5, 0.6) is 0 Å². The molecule has 1 amide bonds. The lowest BCUT2D eigenvalue weighted by atomic mass is 10.1. The van der Waals surface area contributed by atoms with Gasteiger partial charge >= 0.3 is 0 Å². The Morgan fingerprint density at radius 3 is 2.76 bits per heavy atom. The maximum Gasteiger partial charge on any atom is 0.255 e. The summed E-state index contributed by atoms with van der Waals surface area (Å²) in [6.45, 7) is 1.89. The molecule has 1 fully saturated rings. The summed E-state index contributed by atoms with van der Waals surface area (Å²) in [7, 11) is 1.87. The number of carbonyl (C=O) groups is 1. The fraction of sp³-hybridized carbons (Fsp3) is 0.417. The van der Waals surface area contributed by atoms with Gasteiger partial charge in [0.05, 0.1) is 5.56 Å². The first-order valence-corrected chi connectivity index (χ1v) is 6.22. The van der Waals surface area contributed by atoms with Crippen molar-refractivity contribution in [3.05, 3.63) is 34.3 Å². The minimum atomic E-state index is 0. The molecule has 1 aromatic rings.